The summed E-state index contributed by atoms with van der Waals surface area (Å²) >= 11 is 0. The second-order valence-corrected chi connectivity index (χ2v) is 6.09. The number of ether oxygens (including phenoxy) is 1. The number of rotatable bonds is 4. The number of urea groups is 1. The van der Waals surface area contributed by atoms with Gasteiger partial charge in [0.05, 0.1) is 6.10 Å². The number of anilines is 1. The Balaban J connectivity index is 1.93. The van der Waals surface area contributed by atoms with Gasteiger partial charge in [0, 0.05) is 12.2 Å². The van der Waals surface area contributed by atoms with Crippen LogP contribution in [0.25, 0.3) is 0 Å². The fraction of sp³-hybridized carbons (Fsp3) is 0.625. The molecule has 2 N–H and O–H groups in total. The molecule has 0 bridgehead atoms. The zero-order valence-electron chi connectivity index (χ0n) is 13.1. The second-order valence-electron chi connectivity index (χ2n) is 6.09. The first-order chi connectivity index (χ1) is 10.0. The highest BCUT2D eigenvalue weighted by molar-refractivity contribution is 5.90. The molecule has 2 rings (SSSR count). The molecule has 1 aromatic heterocycles. The molecule has 1 aromatic rings. The van der Waals surface area contributed by atoms with E-state index in [1.165, 1.54) is 12.8 Å². The quantitative estimate of drug-likeness (QED) is 0.891. The Morgan fingerprint density at radius 2 is 2.24 bits per heavy atom. The minimum Gasteiger partial charge on any atom is -0.473 e. The Labute approximate surface area is 126 Å². The minimum atomic E-state index is -0.185. The summed E-state index contributed by atoms with van der Waals surface area (Å²) in [5.41, 5.74) is 0.604. The smallest absolute Gasteiger partial charge is 0.319 e. The van der Waals surface area contributed by atoms with Crippen molar-refractivity contribution in [2.24, 2.45) is 5.92 Å². The molecule has 1 fully saturated rings. The van der Waals surface area contributed by atoms with Gasteiger partial charge >= 0.3 is 6.03 Å². The van der Waals surface area contributed by atoms with Crippen LogP contribution in [0.3, 0.4) is 0 Å². The van der Waals surface area contributed by atoms with Gasteiger partial charge in [-0.15, -0.1) is 0 Å². The van der Waals surface area contributed by atoms with Crippen LogP contribution in [0, 0.1) is 5.92 Å². The number of carbonyl (C=O) groups excluding carboxylic acids is 1. The Morgan fingerprint density at radius 3 is 2.95 bits per heavy atom. The van der Waals surface area contributed by atoms with Gasteiger partial charge in [-0.3, -0.25) is 0 Å². The summed E-state index contributed by atoms with van der Waals surface area (Å²) in [7, 11) is 0. The van der Waals surface area contributed by atoms with Crippen molar-refractivity contribution in [3.8, 4) is 5.88 Å². The maximum atomic E-state index is 12.1. The number of nitrogens with one attached hydrogen (secondary N) is 2. The molecule has 116 valence electrons. The zero-order valence-corrected chi connectivity index (χ0v) is 13.1. The Morgan fingerprint density at radius 1 is 1.43 bits per heavy atom. The van der Waals surface area contributed by atoms with Crippen molar-refractivity contribution in [2.45, 2.75) is 58.6 Å². The van der Waals surface area contributed by atoms with Crippen molar-refractivity contribution in [1.29, 1.82) is 0 Å². The third-order valence-electron chi connectivity index (χ3n) is 3.64. The third-order valence-corrected chi connectivity index (χ3v) is 3.64. The molecule has 1 heterocycles. The van der Waals surface area contributed by atoms with Crippen LogP contribution < -0.4 is 15.4 Å². The summed E-state index contributed by atoms with van der Waals surface area (Å²) in [5.74, 6) is 1.14. The van der Waals surface area contributed by atoms with Crippen molar-refractivity contribution in [1.82, 2.24) is 10.3 Å². The van der Waals surface area contributed by atoms with Crippen LogP contribution in [0.1, 0.15) is 46.5 Å². The maximum Gasteiger partial charge on any atom is 0.319 e. The normalized spacial score (nSPS) is 21.9. The number of hydrogen-bond acceptors (Lipinski definition) is 3. The van der Waals surface area contributed by atoms with Gasteiger partial charge in [-0.2, -0.15) is 0 Å². The van der Waals surface area contributed by atoms with Gasteiger partial charge in [0.15, 0.2) is 0 Å². The van der Waals surface area contributed by atoms with Gasteiger partial charge < -0.3 is 15.4 Å². The molecule has 0 spiro atoms. The summed E-state index contributed by atoms with van der Waals surface area (Å²) in [4.78, 5) is 16.3. The van der Waals surface area contributed by atoms with Crippen LogP contribution in [0.4, 0.5) is 10.5 Å². The lowest BCUT2D eigenvalue weighted by molar-refractivity contribution is 0.231. The van der Waals surface area contributed by atoms with E-state index in [1.807, 2.05) is 13.8 Å². The highest BCUT2D eigenvalue weighted by atomic mass is 16.5. The van der Waals surface area contributed by atoms with Crippen molar-refractivity contribution in [3.63, 3.8) is 0 Å². The number of aromatic nitrogens is 1. The van der Waals surface area contributed by atoms with Crippen molar-refractivity contribution < 1.29 is 9.53 Å². The highest BCUT2D eigenvalue weighted by Crippen LogP contribution is 2.24. The van der Waals surface area contributed by atoms with Crippen molar-refractivity contribution in [3.05, 3.63) is 18.3 Å². The molecule has 1 saturated carbocycles. The first kappa shape index (κ1) is 15.6. The van der Waals surface area contributed by atoms with E-state index < -0.39 is 0 Å². The summed E-state index contributed by atoms with van der Waals surface area (Å²) in [5, 5.41) is 5.89. The van der Waals surface area contributed by atoms with Gasteiger partial charge in [-0.1, -0.05) is 19.8 Å². The molecular formula is C16H25N3O2. The van der Waals surface area contributed by atoms with E-state index in [0.717, 1.165) is 12.8 Å². The maximum absolute atomic E-state index is 12.1. The summed E-state index contributed by atoms with van der Waals surface area (Å²) in [6, 6.07) is 3.66. The lowest BCUT2D eigenvalue weighted by atomic mass is 9.87. The van der Waals surface area contributed by atoms with Crippen LogP contribution in [0.5, 0.6) is 5.88 Å². The lowest BCUT2D eigenvalue weighted by Gasteiger charge is -2.27. The predicted molar refractivity (Wildman–Crippen MR) is 83.6 cm³/mol. The average Bonchev–Trinajstić information content (AvgIpc) is 2.40. The monoisotopic (exact) mass is 291 g/mol. The minimum absolute atomic E-state index is 0.0164. The van der Waals surface area contributed by atoms with Crippen molar-refractivity contribution in [2.75, 3.05) is 5.32 Å². The molecule has 0 aliphatic heterocycles. The first-order valence-electron chi connectivity index (χ1n) is 7.73. The van der Waals surface area contributed by atoms with E-state index in [-0.39, 0.29) is 18.2 Å². The molecule has 5 heteroatoms. The zero-order chi connectivity index (χ0) is 15.2. The van der Waals surface area contributed by atoms with Crippen LogP contribution >= 0.6 is 0 Å². The Bertz CT molecular complexity index is 476. The molecule has 0 saturated heterocycles. The van der Waals surface area contributed by atoms with E-state index in [2.05, 4.69) is 22.5 Å². The molecular weight excluding hydrogens is 266 g/mol. The number of pyridine rings is 1. The predicted octanol–water partition coefficient (Wildman–Crippen LogP) is 3.57. The molecule has 5 nitrogen and oxygen atoms in total. The fourth-order valence-corrected chi connectivity index (χ4v) is 2.71. The summed E-state index contributed by atoms with van der Waals surface area (Å²) < 4.78 is 5.60. The first-order valence-corrected chi connectivity index (χ1v) is 7.73. The number of carbonyl (C=O) groups is 1. The van der Waals surface area contributed by atoms with Gasteiger partial charge in [0.25, 0.3) is 0 Å². The summed E-state index contributed by atoms with van der Waals surface area (Å²) in [6.45, 7) is 6.10. The van der Waals surface area contributed by atoms with E-state index in [4.69, 9.17) is 4.74 Å². The van der Waals surface area contributed by atoms with Gasteiger partial charge in [0.1, 0.15) is 5.69 Å². The van der Waals surface area contributed by atoms with E-state index in [0.29, 0.717) is 17.5 Å². The second kappa shape index (κ2) is 7.29. The van der Waals surface area contributed by atoms with Crippen LogP contribution in [-0.4, -0.2) is 23.2 Å². The topological polar surface area (TPSA) is 63.2 Å². The van der Waals surface area contributed by atoms with Gasteiger partial charge in [0.2, 0.25) is 5.88 Å². The number of nitrogens with zero attached hydrogens (tertiary/aromatic N) is 1. The largest absolute Gasteiger partial charge is 0.473 e. The van der Waals surface area contributed by atoms with E-state index in [9.17, 15) is 4.79 Å². The van der Waals surface area contributed by atoms with Gasteiger partial charge in [-0.05, 0) is 44.7 Å². The fourth-order valence-electron chi connectivity index (χ4n) is 2.71. The Kier molecular flexibility index (Phi) is 5.42. The Hall–Kier alpha value is -1.78. The standard InChI is InChI=1S/C16H25N3O2/c1-11(2)21-15-14(8-5-9-17-15)19-16(20)18-13-7-4-6-12(3)10-13/h5,8-9,11-13H,4,6-7,10H2,1-3H3,(H2,18,19,20). The molecule has 2 unspecified atom stereocenters. The van der Waals surface area contributed by atoms with Crippen molar-refractivity contribution >= 4 is 11.7 Å². The van der Waals surface area contributed by atoms with Gasteiger partial charge in [-0.25, -0.2) is 9.78 Å². The molecule has 2 amide bonds. The SMILES string of the molecule is CC1CCCC(NC(=O)Nc2cccnc2OC(C)C)C1. The van der Waals surface area contributed by atoms with Crippen LogP contribution in [0.2, 0.25) is 0 Å². The number of hydrogen-bond donors (Lipinski definition) is 2. The molecule has 1 aliphatic rings. The molecule has 21 heavy (non-hydrogen) atoms. The molecule has 0 radical (unpaired) electrons. The van der Waals surface area contributed by atoms with Crippen LogP contribution in [-0.2, 0) is 0 Å². The van der Waals surface area contributed by atoms with Crippen LogP contribution in [0.15, 0.2) is 18.3 Å². The number of amides is 2. The highest BCUT2D eigenvalue weighted by Gasteiger charge is 2.20. The third kappa shape index (κ3) is 4.92. The average molecular weight is 291 g/mol. The molecule has 2 atom stereocenters. The lowest BCUT2D eigenvalue weighted by Crippen LogP contribution is -2.40. The molecule has 1 aliphatic carbocycles. The molecule has 0 aromatic carbocycles. The van der Waals surface area contributed by atoms with E-state index >= 15 is 0 Å². The van der Waals surface area contributed by atoms with E-state index in [1.54, 1.807) is 18.3 Å². The summed E-state index contributed by atoms with van der Waals surface area (Å²) in [6.07, 6.45) is 6.22.